The minimum atomic E-state index is 0.558. The van der Waals surface area contributed by atoms with E-state index < -0.39 is 0 Å². The molecular formula is C16H19N5. The number of nitrogens with one attached hydrogen (secondary N) is 1. The van der Waals surface area contributed by atoms with Crippen molar-refractivity contribution in [2.75, 3.05) is 11.9 Å². The average molecular weight is 281 g/mol. The topological polar surface area (TPSA) is 55.6 Å². The van der Waals surface area contributed by atoms with Gasteiger partial charge in [0.1, 0.15) is 12.1 Å². The van der Waals surface area contributed by atoms with Crippen molar-refractivity contribution in [2.45, 2.75) is 20.8 Å². The molecule has 0 saturated heterocycles. The van der Waals surface area contributed by atoms with Gasteiger partial charge in [-0.3, -0.25) is 0 Å². The lowest BCUT2D eigenvalue weighted by Crippen LogP contribution is -2.09. The second-order valence-electron chi connectivity index (χ2n) is 5.63. The van der Waals surface area contributed by atoms with Gasteiger partial charge in [-0.2, -0.15) is 5.10 Å². The van der Waals surface area contributed by atoms with E-state index in [1.54, 1.807) is 6.33 Å². The molecule has 0 aliphatic carbocycles. The van der Waals surface area contributed by atoms with Crippen LogP contribution in [0.5, 0.6) is 0 Å². The Morgan fingerprint density at radius 1 is 1.14 bits per heavy atom. The van der Waals surface area contributed by atoms with Crippen molar-refractivity contribution in [1.29, 1.82) is 0 Å². The van der Waals surface area contributed by atoms with Crippen molar-refractivity contribution in [1.82, 2.24) is 19.7 Å². The molecule has 5 heteroatoms. The highest BCUT2D eigenvalue weighted by molar-refractivity contribution is 5.87. The van der Waals surface area contributed by atoms with Crippen LogP contribution in [0.25, 0.3) is 16.7 Å². The second kappa shape index (κ2) is 5.52. The predicted octanol–water partition coefficient (Wildman–Crippen LogP) is 3.19. The molecule has 0 radical (unpaired) electrons. The molecule has 2 aromatic heterocycles. The van der Waals surface area contributed by atoms with Crippen molar-refractivity contribution in [3.05, 3.63) is 42.4 Å². The van der Waals surface area contributed by atoms with Crippen LogP contribution in [0.15, 0.2) is 36.8 Å². The van der Waals surface area contributed by atoms with E-state index in [9.17, 15) is 0 Å². The van der Waals surface area contributed by atoms with Gasteiger partial charge in [0.05, 0.1) is 17.3 Å². The van der Waals surface area contributed by atoms with Crippen LogP contribution in [0.3, 0.4) is 0 Å². The molecule has 0 unspecified atom stereocenters. The summed E-state index contributed by atoms with van der Waals surface area (Å²) in [6.07, 6.45) is 3.40. The Labute approximate surface area is 124 Å². The highest BCUT2D eigenvalue weighted by Crippen LogP contribution is 2.21. The number of hydrogen-bond acceptors (Lipinski definition) is 4. The number of nitrogens with zero attached hydrogens (tertiary/aromatic N) is 4. The van der Waals surface area contributed by atoms with Gasteiger partial charge in [-0.15, -0.1) is 0 Å². The lowest BCUT2D eigenvalue weighted by atomic mass is 10.2. The molecule has 21 heavy (non-hydrogen) atoms. The summed E-state index contributed by atoms with van der Waals surface area (Å²) in [6, 6.07) is 8.24. The number of anilines is 1. The summed E-state index contributed by atoms with van der Waals surface area (Å²) in [4.78, 5) is 8.70. The maximum atomic E-state index is 4.46. The highest BCUT2D eigenvalue weighted by atomic mass is 15.3. The van der Waals surface area contributed by atoms with Crippen molar-refractivity contribution < 1.29 is 0 Å². The molecule has 5 nitrogen and oxygen atoms in total. The van der Waals surface area contributed by atoms with Crippen LogP contribution in [0.2, 0.25) is 0 Å². The summed E-state index contributed by atoms with van der Waals surface area (Å²) in [5, 5.41) is 8.76. The first-order valence-electron chi connectivity index (χ1n) is 7.15. The molecule has 0 aliphatic heterocycles. The first kappa shape index (κ1) is 13.5. The first-order valence-corrected chi connectivity index (χ1v) is 7.15. The zero-order valence-electron chi connectivity index (χ0n) is 12.5. The lowest BCUT2D eigenvalue weighted by molar-refractivity contribution is 0.687. The zero-order valence-corrected chi connectivity index (χ0v) is 12.5. The molecule has 108 valence electrons. The van der Waals surface area contributed by atoms with E-state index in [1.807, 2.05) is 23.0 Å². The van der Waals surface area contributed by atoms with Gasteiger partial charge >= 0.3 is 0 Å². The maximum absolute atomic E-state index is 4.46. The van der Waals surface area contributed by atoms with E-state index in [1.165, 1.54) is 5.56 Å². The van der Waals surface area contributed by atoms with Gasteiger partial charge in [-0.25, -0.2) is 14.6 Å². The summed E-state index contributed by atoms with van der Waals surface area (Å²) in [5.41, 5.74) is 3.05. The molecule has 0 fully saturated rings. The Hall–Kier alpha value is -2.43. The van der Waals surface area contributed by atoms with Gasteiger partial charge in [0.2, 0.25) is 0 Å². The normalized spacial score (nSPS) is 11.2. The molecule has 1 aromatic carbocycles. The summed E-state index contributed by atoms with van der Waals surface area (Å²) < 4.78 is 1.84. The van der Waals surface area contributed by atoms with Crippen molar-refractivity contribution in [2.24, 2.45) is 5.92 Å². The van der Waals surface area contributed by atoms with Gasteiger partial charge in [-0.1, -0.05) is 31.5 Å². The van der Waals surface area contributed by atoms with E-state index in [0.29, 0.717) is 5.92 Å². The average Bonchev–Trinajstić information content (AvgIpc) is 2.90. The Morgan fingerprint density at radius 3 is 2.62 bits per heavy atom. The molecule has 0 saturated carbocycles. The number of benzene rings is 1. The SMILES string of the molecule is Cc1ccc(-n2ncc3c(NCC(C)C)ncnc32)cc1. The third kappa shape index (κ3) is 2.72. The van der Waals surface area contributed by atoms with Crippen LogP contribution in [0.4, 0.5) is 5.82 Å². The number of hydrogen-bond donors (Lipinski definition) is 1. The van der Waals surface area contributed by atoms with Crippen molar-refractivity contribution >= 4 is 16.9 Å². The van der Waals surface area contributed by atoms with Crippen LogP contribution in [-0.4, -0.2) is 26.3 Å². The Bertz CT molecular complexity index is 743. The fraction of sp³-hybridized carbons (Fsp3) is 0.312. The van der Waals surface area contributed by atoms with Gasteiger partial charge in [0.15, 0.2) is 5.65 Å². The molecule has 0 bridgehead atoms. The molecule has 0 atom stereocenters. The number of aryl methyl sites for hydroxylation is 1. The molecule has 0 amide bonds. The molecule has 1 N–H and O–H groups in total. The zero-order chi connectivity index (χ0) is 14.8. The third-order valence-electron chi connectivity index (χ3n) is 3.32. The highest BCUT2D eigenvalue weighted by Gasteiger charge is 2.11. The van der Waals surface area contributed by atoms with Crippen LogP contribution >= 0.6 is 0 Å². The monoisotopic (exact) mass is 281 g/mol. The summed E-state index contributed by atoms with van der Waals surface area (Å²) >= 11 is 0. The predicted molar refractivity (Wildman–Crippen MR) is 84.7 cm³/mol. The van der Waals surface area contributed by atoms with Crippen molar-refractivity contribution in [3.63, 3.8) is 0 Å². The van der Waals surface area contributed by atoms with Gasteiger partial charge in [0, 0.05) is 6.54 Å². The van der Waals surface area contributed by atoms with E-state index in [0.717, 1.165) is 29.1 Å². The fourth-order valence-corrected chi connectivity index (χ4v) is 2.16. The minimum Gasteiger partial charge on any atom is -0.369 e. The fourth-order valence-electron chi connectivity index (χ4n) is 2.16. The smallest absolute Gasteiger partial charge is 0.168 e. The first-order chi connectivity index (χ1) is 10.1. The summed E-state index contributed by atoms with van der Waals surface area (Å²) in [5.74, 6) is 1.40. The molecule has 2 heterocycles. The number of rotatable bonds is 4. The summed E-state index contributed by atoms with van der Waals surface area (Å²) in [6.45, 7) is 7.28. The van der Waals surface area contributed by atoms with Crippen LogP contribution in [-0.2, 0) is 0 Å². The maximum Gasteiger partial charge on any atom is 0.168 e. The number of fused-ring (bicyclic) bond motifs is 1. The van der Waals surface area contributed by atoms with Gasteiger partial charge < -0.3 is 5.32 Å². The largest absolute Gasteiger partial charge is 0.369 e. The second-order valence-corrected chi connectivity index (χ2v) is 5.63. The summed E-state index contributed by atoms with van der Waals surface area (Å²) in [7, 11) is 0. The molecule has 3 rings (SSSR count). The van der Waals surface area contributed by atoms with E-state index in [2.05, 4.69) is 53.3 Å². The molecule has 3 aromatic rings. The van der Waals surface area contributed by atoms with E-state index >= 15 is 0 Å². The van der Waals surface area contributed by atoms with Gasteiger partial charge in [0.25, 0.3) is 0 Å². The van der Waals surface area contributed by atoms with E-state index in [4.69, 9.17) is 0 Å². The third-order valence-corrected chi connectivity index (χ3v) is 3.32. The standard InChI is InChI=1S/C16H19N5/c1-11(2)8-17-15-14-9-20-21(16(14)19-10-18-15)13-6-4-12(3)5-7-13/h4-7,9-11H,8H2,1-3H3,(H,17,18,19). The Morgan fingerprint density at radius 2 is 1.90 bits per heavy atom. The Balaban J connectivity index is 2.02. The quantitative estimate of drug-likeness (QED) is 0.798. The van der Waals surface area contributed by atoms with Crippen LogP contribution in [0, 0.1) is 12.8 Å². The van der Waals surface area contributed by atoms with Crippen molar-refractivity contribution in [3.8, 4) is 5.69 Å². The van der Waals surface area contributed by atoms with Gasteiger partial charge in [-0.05, 0) is 25.0 Å². The lowest BCUT2D eigenvalue weighted by Gasteiger charge is -2.08. The van der Waals surface area contributed by atoms with Crippen LogP contribution < -0.4 is 5.32 Å². The molecule has 0 spiro atoms. The number of aromatic nitrogens is 4. The molecular weight excluding hydrogens is 262 g/mol. The Kier molecular flexibility index (Phi) is 3.56. The minimum absolute atomic E-state index is 0.558. The van der Waals surface area contributed by atoms with E-state index in [-0.39, 0.29) is 0 Å². The van der Waals surface area contributed by atoms with Crippen LogP contribution in [0.1, 0.15) is 19.4 Å². The molecule has 0 aliphatic rings.